The minimum Gasteiger partial charge on any atom is -0.313 e. The second-order valence-electron chi connectivity index (χ2n) is 12.0. The van der Waals surface area contributed by atoms with E-state index in [1.54, 1.807) is 0 Å². The Bertz CT molecular complexity index is 2570. The van der Waals surface area contributed by atoms with Gasteiger partial charge >= 0.3 is 0 Å². The highest BCUT2D eigenvalue weighted by atomic mass is 15.0. The van der Waals surface area contributed by atoms with Gasteiger partial charge in [0, 0.05) is 32.9 Å². The van der Waals surface area contributed by atoms with Crippen LogP contribution in [0.25, 0.3) is 71.7 Å². The van der Waals surface area contributed by atoms with Crippen LogP contribution in [0.2, 0.25) is 0 Å². The van der Waals surface area contributed by atoms with E-state index in [0.29, 0.717) is 5.56 Å². The predicted molar refractivity (Wildman–Crippen MR) is 192 cm³/mol. The Labute approximate surface area is 267 Å². The van der Waals surface area contributed by atoms with Gasteiger partial charge in [0.15, 0.2) is 0 Å². The van der Waals surface area contributed by atoms with E-state index in [2.05, 4.69) is 155 Å². The van der Waals surface area contributed by atoms with Gasteiger partial charge in [-0.1, -0.05) is 91.0 Å². The smallest absolute Gasteiger partial charge is 0.0991 e. The predicted octanol–water partition coefficient (Wildman–Crippen LogP) is 11.1. The second kappa shape index (κ2) is 10.5. The summed E-state index contributed by atoms with van der Waals surface area (Å²) in [6.45, 7) is 0. The van der Waals surface area contributed by atoms with Crippen LogP contribution in [0, 0.1) is 11.3 Å². The third kappa shape index (κ3) is 4.12. The summed E-state index contributed by atoms with van der Waals surface area (Å²) in [5.41, 5.74) is 12.8. The Hall–Kier alpha value is -6.11. The van der Waals surface area contributed by atoms with Crippen molar-refractivity contribution in [2.75, 3.05) is 0 Å². The van der Waals surface area contributed by atoms with Crippen LogP contribution in [-0.2, 0) is 0 Å². The molecular weight excluding hydrogens is 558 g/mol. The molecule has 0 fully saturated rings. The van der Waals surface area contributed by atoms with Crippen LogP contribution >= 0.6 is 0 Å². The Morgan fingerprint density at radius 2 is 1.11 bits per heavy atom. The van der Waals surface area contributed by atoms with Crippen LogP contribution < -0.4 is 0 Å². The summed E-state index contributed by atoms with van der Waals surface area (Å²) >= 11 is 0. The zero-order valence-electron chi connectivity index (χ0n) is 25.2. The standard InChI is InChI=1S/C43H29N3/c44-28-29-17-19-30(20-18-29)31-9-8-12-35(25-31)46-40-15-6-4-13-36(40)38-23-21-33(27-43(38)46)32-22-24-42-39(26-32)37-14-5-7-16-41(37)45(42)34-10-2-1-3-11-34/h1-7,9-11,13-27H,8,12H2. The molecule has 216 valence electrons. The Kier molecular flexibility index (Phi) is 6.01. The number of nitriles is 1. The van der Waals surface area contributed by atoms with Crippen LogP contribution in [0.15, 0.2) is 152 Å². The topological polar surface area (TPSA) is 33.6 Å². The first-order chi connectivity index (χ1) is 22.8. The van der Waals surface area contributed by atoms with Gasteiger partial charge in [0.1, 0.15) is 0 Å². The zero-order valence-corrected chi connectivity index (χ0v) is 25.2. The van der Waals surface area contributed by atoms with E-state index in [9.17, 15) is 5.26 Å². The Morgan fingerprint density at radius 3 is 1.89 bits per heavy atom. The summed E-state index contributed by atoms with van der Waals surface area (Å²) in [6.07, 6.45) is 6.57. The van der Waals surface area contributed by atoms with E-state index in [4.69, 9.17) is 0 Å². The molecule has 46 heavy (non-hydrogen) atoms. The van der Waals surface area contributed by atoms with E-state index in [1.807, 2.05) is 12.1 Å². The SMILES string of the molecule is N#Cc1ccc(C2=CCCC(n3c4ccccc4c4ccc(-c5ccc6c(c5)c5ccccc5n6-c5ccccc5)cc43)=C2)cc1. The van der Waals surface area contributed by atoms with Crippen molar-refractivity contribution in [3.05, 3.63) is 163 Å². The van der Waals surface area contributed by atoms with E-state index >= 15 is 0 Å². The number of aromatic nitrogens is 2. The number of nitrogens with zero attached hydrogens (tertiary/aromatic N) is 3. The summed E-state index contributed by atoms with van der Waals surface area (Å²) in [5, 5.41) is 14.3. The molecule has 0 saturated carbocycles. The van der Waals surface area contributed by atoms with Gasteiger partial charge in [0.25, 0.3) is 0 Å². The van der Waals surface area contributed by atoms with Crippen molar-refractivity contribution < 1.29 is 0 Å². The lowest BCUT2D eigenvalue weighted by Gasteiger charge is -2.18. The number of rotatable bonds is 4. The molecular formula is C43H29N3. The van der Waals surface area contributed by atoms with Crippen molar-refractivity contribution in [1.29, 1.82) is 5.26 Å². The largest absolute Gasteiger partial charge is 0.313 e. The molecule has 0 bridgehead atoms. The minimum atomic E-state index is 0.683. The molecule has 0 aliphatic heterocycles. The molecule has 2 heterocycles. The van der Waals surface area contributed by atoms with Gasteiger partial charge in [-0.25, -0.2) is 0 Å². The second-order valence-corrected chi connectivity index (χ2v) is 12.0. The molecule has 0 N–H and O–H groups in total. The normalized spacial score (nSPS) is 13.3. The van der Waals surface area contributed by atoms with Crippen LogP contribution in [-0.4, -0.2) is 9.13 Å². The summed E-state index contributed by atoms with van der Waals surface area (Å²) in [5.74, 6) is 0. The van der Waals surface area contributed by atoms with E-state index in [1.165, 1.54) is 71.7 Å². The lowest BCUT2D eigenvalue weighted by molar-refractivity contribution is 0.983. The summed E-state index contributed by atoms with van der Waals surface area (Å²) in [7, 11) is 0. The Balaban J connectivity index is 1.22. The van der Waals surface area contributed by atoms with Gasteiger partial charge in [-0.15, -0.1) is 0 Å². The average molecular weight is 588 g/mol. The first kappa shape index (κ1) is 26.3. The van der Waals surface area contributed by atoms with Crippen molar-refractivity contribution in [2.24, 2.45) is 0 Å². The molecule has 3 nitrogen and oxygen atoms in total. The van der Waals surface area contributed by atoms with Gasteiger partial charge in [0.2, 0.25) is 0 Å². The lowest BCUT2D eigenvalue weighted by atomic mass is 9.96. The third-order valence-corrected chi connectivity index (χ3v) is 9.42. The molecule has 0 amide bonds. The van der Waals surface area contributed by atoms with Gasteiger partial charge in [-0.05, 0) is 95.8 Å². The quantitative estimate of drug-likeness (QED) is 0.202. The van der Waals surface area contributed by atoms with Gasteiger partial charge < -0.3 is 9.13 Å². The molecule has 9 rings (SSSR count). The van der Waals surface area contributed by atoms with Gasteiger partial charge in [0.05, 0.1) is 33.7 Å². The van der Waals surface area contributed by atoms with Crippen LogP contribution in [0.3, 0.4) is 0 Å². The van der Waals surface area contributed by atoms with Crippen LogP contribution in [0.5, 0.6) is 0 Å². The molecule has 0 saturated heterocycles. The first-order valence-corrected chi connectivity index (χ1v) is 15.8. The molecule has 0 spiro atoms. The zero-order chi connectivity index (χ0) is 30.6. The van der Waals surface area contributed by atoms with Gasteiger partial charge in [-0.3, -0.25) is 0 Å². The average Bonchev–Trinajstić information content (AvgIpc) is 3.64. The monoisotopic (exact) mass is 587 g/mol. The summed E-state index contributed by atoms with van der Waals surface area (Å²) in [4.78, 5) is 0. The fourth-order valence-corrected chi connectivity index (χ4v) is 7.27. The Morgan fingerprint density at radius 1 is 0.500 bits per heavy atom. The molecule has 1 aliphatic rings. The van der Waals surface area contributed by atoms with E-state index in [-0.39, 0.29) is 0 Å². The fourth-order valence-electron chi connectivity index (χ4n) is 7.27. The maximum Gasteiger partial charge on any atom is 0.0991 e. The molecule has 0 unspecified atom stereocenters. The number of benzene rings is 6. The number of allylic oxidation sites excluding steroid dienone is 4. The maximum atomic E-state index is 9.28. The highest BCUT2D eigenvalue weighted by molar-refractivity contribution is 6.13. The molecule has 1 aliphatic carbocycles. The first-order valence-electron chi connectivity index (χ1n) is 15.8. The molecule has 0 radical (unpaired) electrons. The van der Waals surface area contributed by atoms with Crippen molar-refractivity contribution >= 4 is 54.9 Å². The van der Waals surface area contributed by atoms with Crippen LogP contribution in [0.1, 0.15) is 24.0 Å². The summed E-state index contributed by atoms with van der Waals surface area (Å²) in [6, 6.07) is 52.0. The number of para-hydroxylation sites is 3. The van der Waals surface area contributed by atoms with Crippen molar-refractivity contribution in [3.8, 4) is 22.9 Å². The molecule has 8 aromatic rings. The van der Waals surface area contributed by atoms with Crippen molar-refractivity contribution in [2.45, 2.75) is 12.8 Å². The highest BCUT2D eigenvalue weighted by Crippen LogP contribution is 2.39. The molecule has 2 aromatic heterocycles. The number of hydrogen-bond acceptors (Lipinski definition) is 1. The van der Waals surface area contributed by atoms with E-state index in [0.717, 1.165) is 18.4 Å². The summed E-state index contributed by atoms with van der Waals surface area (Å²) < 4.78 is 4.83. The maximum absolute atomic E-state index is 9.28. The van der Waals surface area contributed by atoms with Crippen LogP contribution in [0.4, 0.5) is 0 Å². The minimum absolute atomic E-state index is 0.683. The van der Waals surface area contributed by atoms with Gasteiger partial charge in [-0.2, -0.15) is 5.26 Å². The van der Waals surface area contributed by atoms with Crippen molar-refractivity contribution in [3.63, 3.8) is 0 Å². The third-order valence-electron chi connectivity index (χ3n) is 9.42. The number of fused-ring (bicyclic) bond motifs is 6. The van der Waals surface area contributed by atoms with E-state index < -0.39 is 0 Å². The number of hydrogen-bond donors (Lipinski definition) is 0. The molecule has 0 atom stereocenters. The van der Waals surface area contributed by atoms with Crippen molar-refractivity contribution in [1.82, 2.24) is 9.13 Å². The molecule has 3 heteroatoms. The fraction of sp³-hybridized carbons (Fsp3) is 0.0465. The lowest BCUT2D eigenvalue weighted by Crippen LogP contribution is -2.01. The molecule has 6 aromatic carbocycles. The highest BCUT2D eigenvalue weighted by Gasteiger charge is 2.18.